The number of para-hydroxylation sites is 1. The monoisotopic (exact) mass is 241 g/mol. The number of hydrogen-bond acceptors (Lipinski definition) is 3. The smallest absolute Gasteiger partial charge is 0.146 e. The maximum atomic E-state index is 13.6. The average molecular weight is 241 g/mol. The third-order valence-electron chi connectivity index (χ3n) is 3.05. The summed E-state index contributed by atoms with van der Waals surface area (Å²) in [6.07, 6.45) is 0. The number of rotatable bonds is 6. The molecule has 0 bridgehead atoms. The Kier molecular flexibility index (Phi) is 4.90. The van der Waals surface area contributed by atoms with E-state index >= 15 is 0 Å². The van der Waals surface area contributed by atoms with Crippen LogP contribution in [0.5, 0.6) is 0 Å². The molecule has 0 radical (unpaired) electrons. The summed E-state index contributed by atoms with van der Waals surface area (Å²) in [5, 5.41) is 12.6. The lowest BCUT2D eigenvalue weighted by molar-refractivity contribution is 0.0722. The largest absolute Gasteiger partial charge is 0.394 e. The van der Waals surface area contributed by atoms with Gasteiger partial charge in [0.05, 0.1) is 24.4 Å². The molecule has 0 heterocycles. The number of nitrogens with one attached hydrogen (secondary N) is 1. The van der Waals surface area contributed by atoms with Crippen LogP contribution in [0.1, 0.15) is 13.8 Å². The molecule has 96 valence electrons. The van der Waals surface area contributed by atoms with E-state index < -0.39 is 5.54 Å². The Morgan fingerprint density at radius 3 is 2.53 bits per heavy atom. The van der Waals surface area contributed by atoms with E-state index in [4.69, 9.17) is 4.74 Å². The molecule has 3 nitrogen and oxygen atoms in total. The van der Waals surface area contributed by atoms with E-state index in [9.17, 15) is 9.50 Å². The van der Waals surface area contributed by atoms with Gasteiger partial charge in [0.1, 0.15) is 5.82 Å². The third kappa shape index (κ3) is 3.17. The molecule has 1 unspecified atom stereocenters. The van der Waals surface area contributed by atoms with Gasteiger partial charge in [-0.2, -0.15) is 0 Å². The van der Waals surface area contributed by atoms with Crippen LogP contribution in [-0.2, 0) is 4.74 Å². The van der Waals surface area contributed by atoms with Gasteiger partial charge in [0.25, 0.3) is 0 Å². The van der Waals surface area contributed by atoms with E-state index in [1.807, 2.05) is 13.8 Å². The molecule has 1 atom stereocenters. The molecular formula is C13H20FNO2. The molecule has 0 spiro atoms. The van der Waals surface area contributed by atoms with Gasteiger partial charge in [0.15, 0.2) is 0 Å². The molecule has 1 aromatic carbocycles. The summed E-state index contributed by atoms with van der Waals surface area (Å²) in [6, 6.07) is 6.42. The fourth-order valence-corrected chi connectivity index (χ4v) is 1.70. The van der Waals surface area contributed by atoms with Crippen LogP contribution in [0, 0.1) is 11.7 Å². The van der Waals surface area contributed by atoms with Crippen molar-refractivity contribution in [1.82, 2.24) is 0 Å². The molecule has 2 N–H and O–H groups in total. The molecule has 4 heteroatoms. The number of hydrogen-bond donors (Lipinski definition) is 2. The Morgan fingerprint density at radius 2 is 2.06 bits per heavy atom. The Hall–Kier alpha value is -1.13. The zero-order valence-electron chi connectivity index (χ0n) is 10.5. The van der Waals surface area contributed by atoms with Gasteiger partial charge in [-0.05, 0) is 18.1 Å². The number of ether oxygens (including phenoxy) is 1. The number of methoxy groups -OCH3 is 1. The van der Waals surface area contributed by atoms with Gasteiger partial charge in [0, 0.05) is 7.11 Å². The molecule has 0 saturated carbocycles. The van der Waals surface area contributed by atoms with Crippen molar-refractivity contribution in [1.29, 1.82) is 0 Å². The molecule has 0 amide bonds. The van der Waals surface area contributed by atoms with Crippen molar-refractivity contribution < 1.29 is 14.2 Å². The van der Waals surface area contributed by atoms with Crippen molar-refractivity contribution in [2.75, 3.05) is 25.6 Å². The van der Waals surface area contributed by atoms with Crippen molar-refractivity contribution in [3.8, 4) is 0 Å². The van der Waals surface area contributed by atoms with Gasteiger partial charge in [-0.25, -0.2) is 4.39 Å². The Labute approximate surface area is 102 Å². The zero-order valence-corrected chi connectivity index (χ0v) is 10.5. The summed E-state index contributed by atoms with van der Waals surface area (Å²) in [4.78, 5) is 0. The van der Waals surface area contributed by atoms with Crippen LogP contribution >= 0.6 is 0 Å². The van der Waals surface area contributed by atoms with Gasteiger partial charge in [0.2, 0.25) is 0 Å². The topological polar surface area (TPSA) is 41.5 Å². The van der Waals surface area contributed by atoms with Crippen molar-refractivity contribution in [3.63, 3.8) is 0 Å². The number of aliphatic hydroxyl groups excluding tert-OH is 1. The maximum Gasteiger partial charge on any atom is 0.146 e. The van der Waals surface area contributed by atoms with Crippen LogP contribution in [0.15, 0.2) is 24.3 Å². The van der Waals surface area contributed by atoms with E-state index in [1.165, 1.54) is 6.07 Å². The summed E-state index contributed by atoms with van der Waals surface area (Å²) >= 11 is 0. The summed E-state index contributed by atoms with van der Waals surface area (Å²) in [5.41, 5.74) is -0.288. The highest BCUT2D eigenvalue weighted by molar-refractivity contribution is 5.47. The van der Waals surface area contributed by atoms with Gasteiger partial charge in [-0.1, -0.05) is 26.0 Å². The van der Waals surface area contributed by atoms with Crippen LogP contribution in [0.4, 0.5) is 10.1 Å². The highest BCUT2D eigenvalue weighted by Crippen LogP contribution is 2.25. The molecule has 0 saturated heterocycles. The first-order valence-electron chi connectivity index (χ1n) is 5.68. The van der Waals surface area contributed by atoms with Crippen LogP contribution in [0.2, 0.25) is 0 Å². The fraction of sp³-hybridized carbons (Fsp3) is 0.538. The predicted molar refractivity (Wildman–Crippen MR) is 66.6 cm³/mol. The second kappa shape index (κ2) is 5.98. The van der Waals surface area contributed by atoms with Crippen LogP contribution in [0.3, 0.4) is 0 Å². The summed E-state index contributed by atoms with van der Waals surface area (Å²) in [5.74, 6) is -0.228. The van der Waals surface area contributed by atoms with Crippen molar-refractivity contribution in [2.24, 2.45) is 5.92 Å². The number of halogens is 1. The summed E-state index contributed by atoms with van der Waals surface area (Å²) in [7, 11) is 1.57. The molecule has 17 heavy (non-hydrogen) atoms. The minimum Gasteiger partial charge on any atom is -0.394 e. The van der Waals surface area contributed by atoms with Crippen LogP contribution in [0.25, 0.3) is 0 Å². The van der Waals surface area contributed by atoms with E-state index in [0.29, 0.717) is 12.3 Å². The second-order valence-electron chi connectivity index (χ2n) is 4.51. The SMILES string of the molecule is COCC(CO)(Nc1ccccc1F)C(C)C. The van der Waals surface area contributed by atoms with Crippen LogP contribution in [-0.4, -0.2) is 31.0 Å². The van der Waals surface area contributed by atoms with Crippen molar-refractivity contribution in [3.05, 3.63) is 30.1 Å². The van der Waals surface area contributed by atoms with Gasteiger partial charge in [-0.15, -0.1) is 0 Å². The Balaban J connectivity index is 2.97. The van der Waals surface area contributed by atoms with Gasteiger partial charge < -0.3 is 15.2 Å². The molecule has 0 aliphatic rings. The number of benzene rings is 1. The van der Waals surface area contributed by atoms with Gasteiger partial charge >= 0.3 is 0 Å². The standard InChI is InChI=1S/C13H20FNO2/c1-10(2)13(8-16,9-17-3)15-12-7-5-4-6-11(12)14/h4-7,10,15-16H,8-9H2,1-3H3. The molecular weight excluding hydrogens is 221 g/mol. The normalized spacial score (nSPS) is 14.7. The zero-order chi connectivity index (χ0) is 12.9. The molecule has 1 rings (SSSR count). The maximum absolute atomic E-state index is 13.6. The fourth-order valence-electron chi connectivity index (χ4n) is 1.70. The lowest BCUT2D eigenvalue weighted by Crippen LogP contribution is -2.51. The highest BCUT2D eigenvalue weighted by Gasteiger charge is 2.33. The summed E-state index contributed by atoms with van der Waals surface area (Å²) in [6.45, 7) is 4.12. The van der Waals surface area contributed by atoms with Crippen LogP contribution < -0.4 is 5.32 Å². The average Bonchev–Trinajstić information content (AvgIpc) is 2.31. The van der Waals surface area contributed by atoms with Crippen molar-refractivity contribution >= 4 is 5.69 Å². The minimum atomic E-state index is -0.670. The quantitative estimate of drug-likeness (QED) is 0.802. The van der Waals surface area contributed by atoms with E-state index in [1.54, 1.807) is 25.3 Å². The first-order chi connectivity index (χ1) is 8.05. The molecule has 1 aromatic rings. The lowest BCUT2D eigenvalue weighted by Gasteiger charge is -2.37. The lowest BCUT2D eigenvalue weighted by atomic mass is 9.87. The summed E-state index contributed by atoms with van der Waals surface area (Å²) < 4.78 is 18.7. The molecule has 0 aliphatic carbocycles. The van der Waals surface area contributed by atoms with Crippen molar-refractivity contribution in [2.45, 2.75) is 19.4 Å². The first kappa shape index (κ1) is 13.9. The molecule has 0 aromatic heterocycles. The Bertz CT molecular complexity index is 357. The van der Waals surface area contributed by atoms with E-state index in [-0.39, 0.29) is 18.3 Å². The van der Waals surface area contributed by atoms with E-state index in [2.05, 4.69) is 5.32 Å². The highest BCUT2D eigenvalue weighted by atomic mass is 19.1. The molecule has 0 fully saturated rings. The number of anilines is 1. The second-order valence-corrected chi connectivity index (χ2v) is 4.51. The predicted octanol–water partition coefficient (Wildman–Crippen LogP) is 2.27. The molecule has 0 aliphatic heterocycles. The third-order valence-corrected chi connectivity index (χ3v) is 3.05. The minimum absolute atomic E-state index is 0.104. The number of aliphatic hydroxyl groups is 1. The van der Waals surface area contributed by atoms with Gasteiger partial charge in [-0.3, -0.25) is 0 Å². The first-order valence-corrected chi connectivity index (χ1v) is 5.68. The van der Waals surface area contributed by atoms with E-state index in [0.717, 1.165) is 0 Å². The Morgan fingerprint density at radius 1 is 1.41 bits per heavy atom.